The second-order valence-electron chi connectivity index (χ2n) is 6.47. The van der Waals surface area contributed by atoms with Gasteiger partial charge in [0.15, 0.2) is 0 Å². The number of carbonyl (C=O) groups is 2. The second kappa shape index (κ2) is 4.97. The van der Waals surface area contributed by atoms with E-state index in [1.807, 2.05) is 24.3 Å². The van der Waals surface area contributed by atoms with Gasteiger partial charge in [0.05, 0.1) is 7.11 Å². The first-order valence-electron chi connectivity index (χ1n) is 7.85. The number of hydrogen-bond donors (Lipinski definition) is 0. The summed E-state index contributed by atoms with van der Waals surface area (Å²) in [6.07, 6.45) is 6.48. The van der Waals surface area contributed by atoms with Crippen molar-refractivity contribution in [2.75, 3.05) is 18.6 Å². The van der Waals surface area contributed by atoms with Crippen LogP contribution >= 0.6 is 0 Å². The summed E-state index contributed by atoms with van der Waals surface area (Å²) in [5, 5.41) is 0. The summed E-state index contributed by atoms with van der Waals surface area (Å²) in [6, 6.07) is 7.67. The van der Waals surface area contributed by atoms with Crippen LogP contribution in [0.4, 0.5) is 5.69 Å². The Morgan fingerprint density at radius 1 is 1.18 bits per heavy atom. The quantitative estimate of drug-likeness (QED) is 0.622. The molecule has 1 heterocycles. The maximum Gasteiger partial charge on any atom is 0.315 e. The summed E-state index contributed by atoms with van der Waals surface area (Å²) >= 11 is 0. The van der Waals surface area contributed by atoms with E-state index in [0.29, 0.717) is 18.4 Å². The number of esters is 1. The van der Waals surface area contributed by atoms with Gasteiger partial charge in [0, 0.05) is 18.2 Å². The highest BCUT2D eigenvalue weighted by Crippen LogP contribution is 2.46. The van der Waals surface area contributed by atoms with Gasteiger partial charge >= 0.3 is 5.97 Å². The lowest BCUT2D eigenvalue weighted by Crippen LogP contribution is -2.37. The predicted molar refractivity (Wildman–Crippen MR) is 82.4 cm³/mol. The number of rotatable bonds is 2. The van der Waals surface area contributed by atoms with Crippen LogP contribution in [0.1, 0.15) is 24.3 Å². The van der Waals surface area contributed by atoms with E-state index >= 15 is 0 Å². The van der Waals surface area contributed by atoms with Crippen LogP contribution in [-0.4, -0.2) is 25.5 Å². The Morgan fingerprint density at radius 2 is 2.00 bits per heavy atom. The maximum atomic E-state index is 13.0. The van der Waals surface area contributed by atoms with E-state index in [-0.39, 0.29) is 23.7 Å². The van der Waals surface area contributed by atoms with Crippen LogP contribution in [0.2, 0.25) is 0 Å². The monoisotopic (exact) mass is 297 g/mol. The van der Waals surface area contributed by atoms with Crippen molar-refractivity contribution in [3.05, 3.63) is 42.0 Å². The van der Waals surface area contributed by atoms with Gasteiger partial charge in [-0.1, -0.05) is 30.4 Å². The molecule has 1 aromatic rings. The molecule has 4 rings (SSSR count). The Morgan fingerprint density at radius 3 is 2.68 bits per heavy atom. The Balaban J connectivity index is 1.64. The summed E-state index contributed by atoms with van der Waals surface area (Å²) in [7, 11) is 1.40. The van der Waals surface area contributed by atoms with Gasteiger partial charge in [0.2, 0.25) is 5.91 Å². The minimum Gasteiger partial charge on any atom is -0.468 e. The van der Waals surface area contributed by atoms with Gasteiger partial charge in [-0.3, -0.25) is 9.59 Å². The third-order valence-corrected chi connectivity index (χ3v) is 5.32. The minimum absolute atomic E-state index is 0.0689. The van der Waals surface area contributed by atoms with Crippen molar-refractivity contribution < 1.29 is 14.3 Å². The zero-order valence-electron chi connectivity index (χ0n) is 12.6. The van der Waals surface area contributed by atoms with Gasteiger partial charge in [-0.15, -0.1) is 0 Å². The van der Waals surface area contributed by atoms with Gasteiger partial charge in [-0.05, 0) is 36.3 Å². The fourth-order valence-corrected chi connectivity index (χ4v) is 4.22. The van der Waals surface area contributed by atoms with Crippen molar-refractivity contribution in [2.45, 2.75) is 18.8 Å². The molecule has 0 saturated heterocycles. The SMILES string of the molecule is COC(=O)[C@@H]1CN(C(=O)[C@H]2C[C@H]3C=C[C@H]2C3)c2ccccc21. The van der Waals surface area contributed by atoms with E-state index in [0.717, 1.165) is 24.1 Å². The number of para-hydroxylation sites is 1. The van der Waals surface area contributed by atoms with Crippen molar-refractivity contribution in [3.8, 4) is 0 Å². The maximum absolute atomic E-state index is 13.0. The number of hydrogen-bond acceptors (Lipinski definition) is 3. The number of fused-ring (bicyclic) bond motifs is 3. The first kappa shape index (κ1) is 13.6. The highest BCUT2D eigenvalue weighted by Gasteiger charge is 2.45. The van der Waals surface area contributed by atoms with Crippen molar-refractivity contribution in [3.63, 3.8) is 0 Å². The van der Waals surface area contributed by atoms with E-state index in [1.165, 1.54) is 7.11 Å². The molecule has 2 aliphatic carbocycles. The molecule has 1 saturated carbocycles. The molecule has 4 nitrogen and oxygen atoms in total. The standard InChI is InChI=1S/C18H19NO3/c1-22-18(21)15-10-19(16-5-3-2-4-13(15)16)17(20)14-9-11-6-7-12(14)8-11/h2-7,11-12,14-15H,8-10H2,1H3/t11-,12-,14-,15+/m0/s1. The smallest absolute Gasteiger partial charge is 0.315 e. The molecule has 4 atom stereocenters. The molecule has 3 aliphatic rings. The van der Waals surface area contributed by atoms with Gasteiger partial charge in [0.25, 0.3) is 0 Å². The summed E-state index contributed by atoms with van der Waals surface area (Å²) in [6.45, 7) is 0.405. The molecule has 0 radical (unpaired) electrons. The van der Waals surface area contributed by atoms with Gasteiger partial charge in [0.1, 0.15) is 5.92 Å². The number of anilines is 1. The van der Waals surface area contributed by atoms with Gasteiger partial charge in [-0.2, -0.15) is 0 Å². The molecule has 0 unspecified atom stereocenters. The first-order chi connectivity index (χ1) is 10.7. The lowest BCUT2D eigenvalue weighted by Gasteiger charge is -2.25. The largest absolute Gasteiger partial charge is 0.468 e. The van der Waals surface area contributed by atoms with E-state index in [2.05, 4.69) is 12.2 Å². The van der Waals surface area contributed by atoms with Crippen LogP contribution in [0.3, 0.4) is 0 Å². The van der Waals surface area contributed by atoms with Crippen LogP contribution in [-0.2, 0) is 14.3 Å². The van der Waals surface area contributed by atoms with Crippen molar-refractivity contribution in [2.24, 2.45) is 17.8 Å². The molecule has 4 heteroatoms. The third-order valence-electron chi connectivity index (χ3n) is 5.32. The number of carbonyl (C=O) groups excluding carboxylic acids is 2. The average molecular weight is 297 g/mol. The number of ether oxygens (including phenoxy) is 1. The average Bonchev–Trinajstić information content (AvgIpc) is 3.26. The number of methoxy groups -OCH3 is 1. The topological polar surface area (TPSA) is 46.6 Å². The first-order valence-corrected chi connectivity index (χ1v) is 7.85. The summed E-state index contributed by atoms with van der Waals surface area (Å²) < 4.78 is 4.91. The van der Waals surface area contributed by atoms with Gasteiger partial charge < -0.3 is 9.64 Å². The predicted octanol–water partition coefficient (Wildman–Crippen LogP) is 2.50. The highest BCUT2D eigenvalue weighted by atomic mass is 16.5. The Labute approximate surface area is 129 Å². The summed E-state index contributed by atoms with van der Waals surface area (Å²) in [5.74, 6) is 0.542. The van der Waals surface area contributed by atoms with E-state index in [4.69, 9.17) is 4.74 Å². The van der Waals surface area contributed by atoms with Crippen LogP contribution in [0.15, 0.2) is 36.4 Å². The third kappa shape index (κ3) is 1.90. The molecule has 2 bridgehead atoms. The molecule has 22 heavy (non-hydrogen) atoms. The molecule has 1 aliphatic heterocycles. The molecule has 0 N–H and O–H groups in total. The fraction of sp³-hybridized carbons (Fsp3) is 0.444. The summed E-state index contributed by atoms with van der Waals surface area (Å²) in [5.41, 5.74) is 1.77. The number of benzene rings is 1. The zero-order chi connectivity index (χ0) is 15.3. The molecular formula is C18H19NO3. The Bertz CT molecular complexity index is 666. The number of allylic oxidation sites excluding steroid dienone is 2. The molecule has 0 spiro atoms. The highest BCUT2D eigenvalue weighted by molar-refractivity contribution is 6.00. The normalized spacial score (nSPS) is 31.4. The lowest BCUT2D eigenvalue weighted by atomic mass is 9.92. The minimum atomic E-state index is -0.362. The van der Waals surface area contributed by atoms with Crippen molar-refractivity contribution in [1.82, 2.24) is 0 Å². The lowest BCUT2D eigenvalue weighted by molar-refractivity contribution is -0.142. The van der Waals surface area contributed by atoms with Gasteiger partial charge in [-0.25, -0.2) is 0 Å². The fourth-order valence-electron chi connectivity index (χ4n) is 4.22. The summed E-state index contributed by atoms with van der Waals surface area (Å²) in [4.78, 5) is 26.8. The van der Waals surface area contributed by atoms with Crippen LogP contribution in [0, 0.1) is 17.8 Å². The number of nitrogens with zero attached hydrogens (tertiary/aromatic N) is 1. The van der Waals surface area contributed by atoms with Crippen molar-refractivity contribution in [1.29, 1.82) is 0 Å². The zero-order valence-corrected chi connectivity index (χ0v) is 12.6. The molecule has 1 fully saturated rings. The van der Waals surface area contributed by atoms with Crippen LogP contribution in [0.25, 0.3) is 0 Å². The van der Waals surface area contributed by atoms with E-state index in [9.17, 15) is 9.59 Å². The molecule has 1 aromatic carbocycles. The molecule has 1 amide bonds. The van der Waals surface area contributed by atoms with E-state index < -0.39 is 0 Å². The number of amides is 1. The molecular weight excluding hydrogens is 278 g/mol. The molecule has 114 valence electrons. The van der Waals surface area contributed by atoms with Crippen molar-refractivity contribution >= 4 is 17.6 Å². The second-order valence-corrected chi connectivity index (χ2v) is 6.47. The van der Waals surface area contributed by atoms with E-state index in [1.54, 1.807) is 4.90 Å². The Hall–Kier alpha value is -2.10. The Kier molecular flexibility index (Phi) is 3.06. The van der Waals surface area contributed by atoms with Crippen LogP contribution in [0.5, 0.6) is 0 Å². The molecule has 0 aromatic heterocycles. The van der Waals surface area contributed by atoms with Crippen LogP contribution < -0.4 is 4.90 Å².